The second kappa shape index (κ2) is 31.4. The van der Waals surface area contributed by atoms with Crippen molar-refractivity contribution in [2.75, 3.05) is 26.4 Å². The topological polar surface area (TPSA) is 244 Å². The van der Waals surface area contributed by atoms with Gasteiger partial charge in [0.25, 0.3) is 0 Å². The van der Waals surface area contributed by atoms with Gasteiger partial charge in [-0.25, -0.2) is 0 Å². The fraction of sp³-hybridized carbons (Fsp3) is 0.786. The van der Waals surface area contributed by atoms with Crippen LogP contribution in [-0.4, -0.2) is 107 Å². The molecule has 2 unspecified atom stereocenters. The summed E-state index contributed by atoms with van der Waals surface area (Å²) in [6.07, 6.45) is 13.8. The Bertz CT molecular complexity index is 2920. The van der Waals surface area contributed by atoms with E-state index in [2.05, 4.69) is 52.2 Å². The van der Waals surface area contributed by atoms with Crippen molar-refractivity contribution in [3.63, 3.8) is 0 Å². The van der Waals surface area contributed by atoms with Gasteiger partial charge in [-0.2, -0.15) is 0 Å². The minimum Gasteiger partial charge on any atom is -0.465 e. The van der Waals surface area contributed by atoms with Crippen molar-refractivity contribution in [2.45, 2.75) is 285 Å². The SMILES string of the molecule is CCCCOC(=O)C(C(=O)OCCCC)[C@]12CC[C@@]3(C)C(C[C@@H](O)[C@H]4[C@@H]5CC[C@H]([C@H](C)CCC(=O)NCc6ccc(cc6)[C@]6(C(C(=O)OCCCC)C(=O)OCCCC)CC[C@@]7(C)C(C[C@@H](O)[C@H]8[C@@H]9CC[C@H]([C@H](C)CCC(=O)NCc%10ccc1cc%10)[C@@]9(C)[C@@H](O)C[C@@H]87)C6)[C@@]5(C)[C@@H](O)C[C@@H]43)C2. The van der Waals surface area contributed by atoms with E-state index in [4.69, 9.17) is 18.9 Å². The molecule has 100 heavy (non-hydrogen) atoms. The first-order valence-corrected chi connectivity index (χ1v) is 39.9. The summed E-state index contributed by atoms with van der Waals surface area (Å²) in [4.78, 5) is 87.4. The van der Waals surface area contributed by atoms with E-state index in [1.807, 2.05) is 76.2 Å². The van der Waals surface area contributed by atoms with Gasteiger partial charge in [-0.1, -0.05) is 143 Å². The molecule has 16 heteroatoms. The van der Waals surface area contributed by atoms with Crippen molar-refractivity contribution in [3.05, 3.63) is 70.8 Å². The third-order valence-corrected chi connectivity index (χ3v) is 30.0. The van der Waals surface area contributed by atoms with Gasteiger partial charge in [-0.05, 0) is 243 Å². The predicted octanol–water partition coefficient (Wildman–Crippen LogP) is 13.7. The van der Waals surface area contributed by atoms with Crippen molar-refractivity contribution in [2.24, 2.45) is 105 Å². The summed E-state index contributed by atoms with van der Waals surface area (Å²) in [6, 6.07) is 16.1. The molecule has 2 aromatic rings. The molecule has 0 aromatic heterocycles. The van der Waals surface area contributed by atoms with E-state index in [1.54, 1.807) is 0 Å². The molecule has 2 aromatic carbocycles. The number of aliphatic hydroxyl groups is 4. The zero-order chi connectivity index (χ0) is 71.7. The molecule has 0 radical (unpaired) electrons. The Balaban J connectivity index is 0.911. The van der Waals surface area contributed by atoms with E-state index in [9.17, 15) is 49.2 Å². The van der Waals surface area contributed by atoms with Crippen LogP contribution >= 0.6 is 0 Å². The number of hydrogen-bond donors (Lipinski definition) is 6. The maximum atomic E-state index is 14.8. The summed E-state index contributed by atoms with van der Waals surface area (Å²) in [5.41, 5.74) is -0.326. The van der Waals surface area contributed by atoms with Gasteiger partial charge in [-0.3, -0.25) is 28.8 Å². The number of unbranched alkanes of at least 4 members (excludes halogenated alkanes) is 4. The Kier molecular flexibility index (Phi) is 24.0. The molecule has 17 rings (SSSR count). The molecular formula is C84H126N2O14. The highest BCUT2D eigenvalue weighted by Crippen LogP contribution is 2.73. The van der Waals surface area contributed by atoms with Gasteiger partial charge < -0.3 is 50.0 Å². The lowest BCUT2D eigenvalue weighted by molar-refractivity contribution is -0.209. The van der Waals surface area contributed by atoms with E-state index in [0.717, 1.165) is 73.6 Å². The largest absolute Gasteiger partial charge is 0.465 e. The highest BCUT2D eigenvalue weighted by Gasteiger charge is 2.70. The van der Waals surface area contributed by atoms with Gasteiger partial charge in [0.05, 0.1) is 50.8 Å². The van der Waals surface area contributed by atoms with Crippen LogP contribution in [0.1, 0.15) is 258 Å². The molecule has 14 bridgehead atoms. The molecular weight excluding hydrogens is 1260 g/mol. The van der Waals surface area contributed by atoms with Crippen LogP contribution in [-0.2, 0) is 71.6 Å². The second-order valence-corrected chi connectivity index (χ2v) is 34.8. The Morgan fingerprint density at radius 1 is 0.450 bits per heavy atom. The minimum atomic E-state index is -1.25. The number of carbonyl (C=O) groups excluding carboxylic acids is 6. The Labute approximate surface area is 597 Å². The average molecular weight is 1390 g/mol. The van der Waals surface area contributed by atoms with Crippen LogP contribution in [0, 0.1) is 105 Å². The molecule has 6 N–H and O–H groups in total. The fourth-order valence-electron chi connectivity index (χ4n) is 24.1. The Morgan fingerprint density at radius 3 is 1.09 bits per heavy atom. The smallest absolute Gasteiger partial charge is 0.321 e. The number of carbonyl (C=O) groups is 6. The van der Waals surface area contributed by atoms with E-state index in [1.165, 1.54) is 0 Å². The van der Waals surface area contributed by atoms with Crippen LogP contribution in [0.2, 0.25) is 0 Å². The van der Waals surface area contributed by atoms with Gasteiger partial charge in [0, 0.05) is 36.8 Å². The molecule has 7 aliphatic heterocycles. The van der Waals surface area contributed by atoms with Gasteiger partial charge in [0.15, 0.2) is 11.8 Å². The summed E-state index contributed by atoms with van der Waals surface area (Å²) in [7, 11) is 0. The van der Waals surface area contributed by atoms with Crippen LogP contribution in [0.25, 0.3) is 0 Å². The lowest BCUT2D eigenvalue weighted by Crippen LogP contribution is -2.64. The standard InChI is InChI=1S/C84H126N2O14/c1-11-15-39-97-75(93)73(76(94)98-40-16-12-2)83-37-35-79(7)57(47-83)43-65(87)71-61-31-29-59(81(61,9)67(89)45-63(71)79)51(5)20-34-70(92)86-50-54-23-27-56(28-24-54)84(74(77(95)99-41-17-13-3)78(96)100-42-18-14-4)38-36-80(8)58(48-84)44-66(88)72-62-32-30-60(82(62,10)68(90)46-64(72)80)52(6)19-33-69(91)85-49-53-21-25-55(83)26-22-53/h21-28,51-52,57-68,71-74,87-90H,11-20,29-50H2,1-10H3,(H,85,91)(H,86,92)/t51-,52-,57?,58?,59-,60-,61+,62+,63+,64+,65-,66-,67+,68+,71+,72+,79+,80+,81-,82-,83+,84+/m1/s1. The number of aliphatic hydroxyl groups excluding tert-OH is 4. The summed E-state index contributed by atoms with van der Waals surface area (Å²) >= 11 is 0. The summed E-state index contributed by atoms with van der Waals surface area (Å²) in [5, 5.41) is 57.8. The van der Waals surface area contributed by atoms with Gasteiger partial charge in [-0.15, -0.1) is 0 Å². The number of hydrogen-bond acceptors (Lipinski definition) is 14. The summed E-state index contributed by atoms with van der Waals surface area (Å²) in [6.45, 7) is 23.0. The van der Waals surface area contributed by atoms with E-state index >= 15 is 0 Å². The molecule has 8 fully saturated rings. The number of ether oxygens (including phenoxy) is 4. The molecule has 16 nitrogen and oxygen atoms in total. The monoisotopic (exact) mass is 1390 g/mol. The van der Waals surface area contributed by atoms with Crippen molar-refractivity contribution < 1.29 is 68.1 Å². The number of fused-ring (bicyclic) bond motifs is 2. The molecule has 8 saturated carbocycles. The molecule has 15 aliphatic rings. The first-order valence-electron chi connectivity index (χ1n) is 39.9. The minimum absolute atomic E-state index is 0.0130. The molecule has 22 atom stereocenters. The van der Waals surface area contributed by atoms with Crippen molar-refractivity contribution in [1.29, 1.82) is 0 Å². The quantitative estimate of drug-likeness (QED) is 0.0352. The molecule has 2 amide bonds. The molecule has 8 aliphatic carbocycles. The summed E-state index contributed by atoms with van der Waals surface area (Å²) in [5.74, 6) is -4.81. The molecule has 0 spiro atoms. The molecule has 7 heterocycles. The normalized spacial score (nSPS) is 39.6. The lowest BCUT2D eigenvalue weighted by atomic mass is 9.40. The first-order chi connectivity index (χ1) is 47.8. The van der Waals surface area contributed by atoms with Crippen LogP contribution in [0.5, 0.6) is 0 Å². The maximum absolute atomic E-state index is 14.8. The van der Waals surface area contributed by atoms with Crippen molar-refractivity contribution in [3.8, 4) is 0 Å². The highest BCUT2D eigenvalue weighted by molar-refractivity contribution is 5.98. The zero-order valence-corrected chi connectivity index (χ0v) is 62.5. The molecule has 0 saturated heterocycles. The number of nitrogens with one attached hydrogen (secondary N) is 2. The third-order valence-electron chi connectivity index (χ3n) is 30.0. The Hall–Kier alpha value is -4.90. The third kappa shape index (κ3) is 14.0. The van der Waals surface area contributed by atoms with Crippen molar-refractivity contribution in [1.82, 2.24) is 10.6 Å². The Morgan fingerprint density at radius 2 is 0.770 bits per heavy atom. The van der Waals surface area contributed by atoms with E-state index in [-0.39, 0.29) is 133 Å². The number of rotatable bonds is 18. The fourth-order valence-corrected chi connectivity index (χ4v) is 24.1. The van der Waals surface area contributed by atoms with Crippen LogP contribution < -0.4 is 10.6 Å². The van der Waals surface area contributed by atoms with Gasteiger partial charge >= 0.3 is 23.9 Å². The average Bonchev–Trinajstić information content (AvgIpc) is 1.70. The van der Waals surface area contributed by atoms with Crippen LogP contribution in [0.15, 0.2) is 48.5 Å². The van der Waals surface area contributed by atoms with Gasteiger partial charge in [0.1, 0.15) is 0 Å². The van der Waals surface area contributed by atoms with E-state index in [0.29, 0.717) is 116 Å². The van der Waals surface area contributed by atoms with Crippen LogP contribution in [0.4, 0.5) is 0 Å². The van der Waals surface area contributed by atoms with Gasteiger partial charge in [0.2, 0.25) is 11.8 Å². The second-order valence-electron chi connectivity index (χ2n) is 34.8. The number of amides is 2. The highest BCUT2D eigenvalue weighted by atomic mass is 16.6. The predicted molar refractivity (Wildman–Crippen MR) is 383 cm³/mol. The van der Waals surface area contributed by atoms with E-state index < -0.39 is 81.8 Å². The number of benzene rings is 2. The summed E-state index contributed by atoms with van der Waals surface area (Å²) < 4.78 is 24.2. The number of esters is 4. The van der Waals surface area contributed by atoms with Crippen molar-refractivity contribution >= 4 is 35.7 Å². The zero-order valence-electron chi connectivity index (χ0n) is 62.5. The first kappa shape index (κ1) is 76.2. The lowest BCUT2D eigenvalue weighted by Gasteiger charge is -2.65. The van der Waals surface area contributed by atoms with Crippen LogP contribution in [0.3, 0.4) is 0 Å². The maximum Gasteiger partial charge on any atom is 0.321 e. The molecule has 556 valence electrons.